The Hall–Kier alpha value is -1.82. The summed E-state index contributed by atoms with van der Waals surface area (Å²) in [6.45, 7) is 5.21. The van der Waals surface area contributed by atoms with Gasteiger partial charge in [-0.05, 0) is 25.8 Å². The fourth-order valence-corrected chi connectivity index (χ4v) is 1.92. The van der Waals surface area contributed by atoms with Crippen molar-refractivity contribution in [1.29, 1.82) is 5.26 Å². The molecule has 0 aromatic heterocycles. The second-order valence-corrected chi connectivity index (χ2v) is 4.37. The first kappa shape index (κ1) is 14.2. The molecule has 0 spiro atoms. The zero-order valence-electron chi connectivity index (χ0n) is 11.1. The van der Waals surface area contributed by atoms with Crippen molar-refractivity contribution in [2.75, 3.05) is 13.1 Å². The Morgan fingerprint density at radius 1 is 1.44 bits per heavy atom. The molecule has 1 aromatic rings. The van der Waals surface area contributed by atoms with E-state index in [-0.39, 0.29) is 5.91 Å². The number of aryl methyl sites for hydroxylation is 2. The van der Waals surface area contributed by atoms with Crippen LogP contribution in [0.25, 0.3) is 0 Å². The maximum absolute atomic E-state index is 12.0. The lowest BCUT2D eigenvalue weighted by Gasteiger charge is -2.19. The first-order valence-electron chi connectivity index (χ1n) is 6.37. The van der Waals surface area contributed by atoms with Crippen molar-refractivity contribution >= 4 is 5.91 Å². The van der Waals surface area contributed by atoms with E-state index < -0.39 is 0 Å². The van der Waals surface area contributed by atoms with E-state index in [9.17, 15) is 4.79 Å². The molecule has 0 saturated heterocycles. The van der Waals surface area contributed by atoms with Gasteiger partial charge in [-0.2, -0.15) is 5.26 Å². The van der Waals surface area contributed by atoms with Gasteiger partial charge in [0, 0.05) is 19.5 Å². The van der Waals surface area contributed by atoms with Crippen LogP contribution >= 0.6 is 0 Å². The van der Waals surface area contributed by atoms with Crippen molar-refractivity contribution in [2.24, 2.45) is 0 Å². The van der Waals surface area contributed by atoms with Crippen molar-refractivity contribution in [3.63, 3.8) is 0 Å². The van der Waals surface area contributed by atoms with Gasteiger partial charge >= 0.3 is 0 Å². The second-order valence-electron chi connectivity index (χ2n) is 4.37. The maximum atomic E-state index is 12.0. The van der Waals surface area contributed by atoms with Gasteiger partial charge in [-0.25, -0.2) is 0 Å². The number of amides is 1. The number of benzene rings is 1. The largest absolute Gasteiger partial charge is 0.342 e. The molecule has 0 N–H and O–H groups in total. The Morgan fingerprint density at radius 3 is 2.83 bits per heavy atom. The summed E-state index contributed by atoms with van der Waals surface area (Å²) in [6, 6.07) is 10.3. The molecule has 0 radical (unpaired) electrons. The van der Waals surface area contributed by atoms with Crippen molar-refractivity contribution < 1.29 is 4.79 Å². The average molecular weight is 244 g/mol. The van der Waals surface area contributed by atoms with Crippen molar-refractivity contribution in [2.45, 2.75) is 33.1 Å². The van der Waals surface area contributed by atoms with Crippen LogP contribution in [-0.4, -0.2) is 23.9 Å². The highest BCUT2D eigenvalue weighted by Gasteiger charge is 2.10. The van der Waals surface area contributed by atoms with E-state index in [1.165, 1.54) is 11.1 Å². The van der Waals surface area contributed by atoms with Crippen molar-refractivity contribution in [1.82, 2.24) is 4.90 Å². The van der Waals surface area contributed by atoms with Crippen molar-refractivity contribution in [3.8, 4) is 6.07 Å². The molecule has 0 aliphatic carbocycles. The minimum absolute atomic E-state index is 0.134. The fraction of sp³-hybridized carbons (Fsp3) is 0.467. The lowest BCUT2D eigenvalue weighted by Crippen LogP contribution is -2.31. The lowest BCUT2D eigenvalue weighted by molar-refractivity contribution is -0.130. The molecular formula is C15H20N2O. The molecule has 3 nitrogen and oxygen atoms in total. The molecule has 18 heavy (non-hydrogen) atoms. The quantitative estimate of drug-likeness (QED) is 0.772. The van der Waals surface area contributed by atoms with E-state index in [0.717, 1.165) is 6.42 Å². The summed E-state index contributed by atoms with van der Waals surface area (Å²) in [7, 11) is 0. The summed E-state index contributed by atoms with van der Waals surface area (Å²) in [5.74, 6) is 0.134. The van der Waals surface area contributed by atoms with E-state index in [2.05, 4.69) is 25.1 Å². The van der Waals surface area contributed by atoms with Gasteiger partial charge in [-0.15, -0.1) is 0 Å². The van der Waals surface area contributed by atoms with Gasteiger partial charge in [0.1, 0.15) is 0 Å². The van der Waals surface area contributed by atoms with Gasteiger partial charge < -0.3 is 4.90 Å². The molecule has 0 aliphatic rings. The van der Waals surface area contributed by atoms with Crippen LogP contribution < -0.4 is 0 Å². The maximum Gasteiger partial charge on any atom is 0.222 e. The molecule has 0 atom stereocenters. The smallest absolute Gasteiger partial charge is 0.222 e. The number of nitrogens with zero attached hydrogens (tertiary/aromatic N) is 2. The molecule has 96 valence electrons. The van der Waals surface area contributed by atoms with Crippen LogP contribution in [-0.2, 0) is 11.2 Å². The van der Waals surface area contributed by atoms with Gasteiger partial charge in [-0.1, -0.05) is 29.8 Å². The molecule has 0 bridgehead atoms. The Morgan fingerprint density at radius 2 is 2.22 bits per heavy atom. The zero-order valence-corrected chi connectivity index (χ0v) is 11.1. The number of hydrogen-bond acceptors (Lipinski definition) is 2. The summed E-state index contributed by atoms with van der Waals surface area (Å²) in [4.78, 5) is 13.7. The first-order valence-corrected chi connectivity index (χ1v) is 6.37. The van der Waals surface area contributed by atoms with E-state index in [4.69, 9.17) is 5.26 Å². The number of carbonyl (C=O) groups excluding carboxylic acids is 1. The minimum atomic E-state index is 0.134. The SMILES string of the molecule is CCN(CCC#N)C(=O)CCc1cccc(C)c1. The monoisotopic (exact) mass is 244 g/mol. The summed E-state index contributed by atoms with van der Waals surface area (Å²) < 4.78 is 0. The molecule has 1 amide bonds. The van der Waals surface area contributed by atoms with Crippen LogP contribution in [0.4, 0.5) is 0 Å². The van der Waals surface area contributed by atoms with Gasteiger partial charge in [0.05, 0.1) is 12.5 Å². The summed E-state index contributed by atoms with van der Waals surface area (Å²) in [6.07, 6.45) is 1.69. The van der Waals surface area contributed by atoms with Crippen LogP contribution in [0.2, 0.25) is 0 Å². The Balaban J connectivity index is 2.47. The number of nitriles is 1. The molecule has 0 aliphatic heterocycles. The number of rotatable bonds is 6. The number of hydrogen-bond donors (Lipinski definition) is 0. The first-order chi connectivity index (χ1) is 8.67. The normalized spacial score (nSPS) is 9.83. The second kappa shape index (κ2) is 7.50. The van der Waals surface area contributed by atoms with Gasteiger partial charge in [0.25, 0.3) is 0 Å². The third-order valence-electron chi connectivity index (χ3n) is 2.94. The number of carbonyl (C=O) groups is 1. The van der Waals surface area contributed by atoms with E-state index in [0.29, 0.717) is 25.9 Å². The molecule has 3 heteroatoms. The Bertz CT molecular complexity index is 434. The Labute approximate surface area is 109 Å². The predicted octanol–water partition coefficient (Wildman–Crippen LogP) is 2.69. The standard InChI is InChI=1S/C15H20N2O/c1-3-17(11-5-10-16)15(18)9-8-14-7-4-6-13(2)12-14/h4,6-7,12H,3,5,8-9,11H2,1-2H3. The molecule has 0 saturated carbocycles. The highest BCUT2D eigenvalue weighted by Crippen LogP contribution is 2.08. The minimum Gasteiger partial charge on any atom is -0.342 e. The van der Waals surface area contributed by atoms with Crippen LogP contribution in [0.1, 0.15) is 30.9 Å². The lowest BCUT2D eigenvalue weighted by atomic mass is 10.1. The van der Waals surface area contributed by atoms with Crippen molar-refractivity contribution in [3.05, 3.63) is 35.4 Å². The van der Waals surface area contributed by atoms with Crippen LogP contribution in [0, 0.1) is 18.3 Å². The molecule has 0 unspecified atom stereocenters. The van der Waals surface area contributed by atoms with Gasteiger partial charge in [0.15, 0.2) is 0 Å². The predicted molar refractivity (Wildman–Crippen MR) is 72.0 cm³/mol. The molecule has 1 rings (SSSR count). The fourth-order valence-electron chi connectivity index (χ4n) is 1.92. The summed E-state index contributed by atoms with van der Waals surface area (Å²) in [5.41, 5.74) is 2.41. The summed E-state index contributed by atoms with van der Waals surface area (Å²) >= 11 is 0. The van der Waals surface area contributed by atoms with Crippen LogP contribution in [0.15, 0.2) is 24.3 Å². The van der Waals surface area contributed by atoms with E-state index in [1.807, 2.05) is 19.1 Å². The van der Waals surface area contributed by atoms with Gasteiger partial charge in [-0.3, -0.25) is 4.79 Å². The molecular weight excluding hydrogens is 224 g/mol. The third-order valence-corrected chi connectivity index (χ3v) is 2.94. The van der Waals surface area contributed by atoms with Gasteiger partial charge in [0.2, 0.25) is 5.91 Å². The Kier molecular flexibility index (Phi) is 5.93. The average Bonchev–Trinajstić information content (AvgIpc) is 2.37. The van der Waals surface area contributed by atoms with E-state index in [1.54, 1.807) is 4.90 Å². The molecule has 1 aromatic carbocycles. The highest BCUT2D eigenvalue weighted by atomic mass is 16.2. The molecule has 0 heterocycles. The zero-order chi connectivity index (χ0) is 13.4. The topological polar surface area (TPSA) is 44.1 Å². The molecule has 0 fully saturated rings. The van der Waals surface area contributed by atoms with Crippen LogP contribution in [0.5, 0.6) is 0 Å². The van der Waals surface area contributed by atoms with E-state index >= 15 is 0 Å². The third kappa shape index (κ3) is 4.58. The van der Waals surface area contributed by atoms with Crippen LogP contribution in [0.3, 0.4) is 0 Å². The summed E-state index contributed by atoms with van der Waals surface area (Å²) in [5, 5.41) is 8.54. The highest BCUT2D eigenvalue weighted by molar-refractivity contribution is 5.76.